The van der Waals surface area contributed by atoms with Gasteiger partial charge in [0, 0.05) is 32.5 Å². The first kappa shape index (κ1) is 23.3. The van der Waals surface area contributed by atoms with Crippen molar-refractivity contribution < 1.29 is 29.3 Å². The van der Waals surface area contributed by atoms with Gasteiger partial charge in [-0.25, -0.2) is 4.79 Å². The van der Waals surface area contributed by atoms with E-state index in [2.05, 4.69) is 5.32 Å². The molecule has 0 saturated heterocycles. The van der Waals surface area contributed by atoms with Crippen LogP contribution in [-0.2, 0) is 14.3 Å². The molecule has 0 fully saturated rings. The van der Waals surface area contributed by atoms with Crippen molar-refractivity contribution in [2.45, 2.75) is 31.2 Å². The van der Waals surface area contributed by atoms with E-state index in [9.17, 15) is 14.4 Å². The highest BCUT2D eigenvalue weighted by Gasteiger charge is 2.30. The number of nitrogens with zero attached hydrogens (tertiary/aromatic N) is 1. The summed E-state index contributed by atoms with van der Waals surface area (Å²) in [5.41, 5.74) is 4.36. The fourth-order valence-electron chi connectivity index (χ4n) is 3.99. The Morgan fingerprint density at radius 2 is 1.66 bits per heavy atom. The van der Waals surface area contributed by atoms with E-state index in [-0.39, 0.29) is 32.0 Å². The Balaban J connectivity index is 1.66. The summed E-state index contributed by atoms with van der Waals surface area (Å²) in [6.45, 7) is 0.322. The number of fused-ring (bicyclic) bond motifs is 3. The van der Waals surface area contributed by atoms with Crippen molar-refractivity contribution in [3.8, 4) is 11.1 Å². The van der Waals surface area contributed by atoms with Gasteiger partial charge in [0.15, 0.2) is 0 Å². The van der Waals surface area contributed by atoms with Gasteiger partial charge in [-0.2, -0.15) is 0 Å². The summed E-state index contributed by atoms with van der Waals surface area (Å²) in [6, 6.07) is 14.9. The zero-order valence-corrected chi connectivity index (χ0v) is 18.0. The fourth-order valence-corrected chi connectivity index (χ4v) is 3.99. The van der Waals surface area contributed by atoms with Gasteiger partial charge in [-0.3, -0.25) is 9.59 Å². The second-order valence-corrected chi connectivity index (χ2v) is 7.79. The molecule has 170 valence electrons. The Bertz CT molecular complexity index is 931. The van der Waals surface area contributed by atoms with Crippen molar-refractivity contribution in [3.05, 3.63) is 59.7 Å². The number of carbonyl (C=O) groups excluding carboxylic acids is 2. The van der Waals surface area contributed by atoms with Crippen LogP contribution in [-0.4, -0.2) is 65.9 Å². The molecule has 0 aromatic heterocycles. The summed E-state index contributed by atoms with van der Waals surface area (Å²) in [6.07, 6.45) is -0.708. The van der Waals surface area contributed by atoms with Gasteiger partial charge in [-0.1, -0.05) is 48.5 Å². The molecule has 0 spiro atoms. The van der Waals surface area contributed by atoms with Crippen LogP contribution in [0, 0.1) is 0 Å². The van der Waals surface area contributed by atoms with Gasteiger partial charge in [-0.15, -0.1) is 0 Å². The van der Waals surface area contributed by atoms with Crippen LogP contribution in [0.25, 0.3) is 11.1 Å². The molecule has 0 heterocycles. The number of carboxylic acids is 1. The number of aliphatic hydroxyl groups is 1. The van der Waals surface area contributed by atoms with Crippen molar-refractivity contribution in [2.24, 2.45) is 0 Å². The highest BCUT2D eigenvalue weighted by atomic mass is 16.5. The van der Waals surface area contributed by atoms with Crippen LogP contribution in [0.5, 0.6) is 0 Å². The molecule has 1 aliphatic rings. The molecule has 0 radical (unpaired) electrons. The molecule has 8 nitrogen and oxygen atoms in total. The zero-order valence-electron chi connectivity index (χ0n) is 18.0. The number of amides is 2. The van der Waals surface area contributed by atoms with Crippen molar-refractivity contribution in [2.75, 3.05) is 26.8 Å². The van der Waals surface area contributed by atoms with Gasteiger partial charge in [-0.05, 0) is 35.1 Å². The van der Waals surface area contributed by atoms with E-state index in [0.29, 0.717) is 13.0 Å². The second kappa shape index (κ2) is 10.8. The van der Waals surface area contributed by atoms with E-state index >= 15 is 0 Å². The predicted molar refractivity (Wildman–Crippen MR) is 118 cm³/mol. The van der Waals surface area contributed by atoms with Crippen LogP contribution in [0.2, 0.25) is 0 Å². The van der Waals surface area contributed by atoms with E-state index in [0.717, 1.165) is 22.3 Å². The maximum atomic E-state index is 12.7. The Hall–Kier alpha value is -3.39. The van der Waals surface area contributed by atoms with Gasteiger partial charge in [0.05, 0.1) is 0 Å². The first-order chi connectivity index (χ1) is 15.4. The van der Waals surface area contributed by atoms with Gasteiger partial charge >= 0.3 is 12.1 Å². The molecule has 3 rings (SSSR count). The maximum Gasteiger partial charge on any atom is 0.407 e. The smallest absolute Gasteiger partial charge is 0.407 e. The zero-order chi connectivity index (χ0) is 23.1. The molecular formula is C24H28N2O6. The number of hydrogen-bond donors (Lipinski definition) is 3. The van der Waals surface area contributed by atoms with E-state index in [4.69, 9.17) is 14.9 Å². The number of rotatable bonds is 10. The number of hydrogen-bond acceptors (Lipinski definition) is 5. The third-order valence-corrected chi connectivity index (χ3v) is 5.61. The van der Waals surface area contributed by atoms with E-state index in [1.165, 1.54) is 4.90 Å². The molecule has 2 aromatic carbocycles. The van der Waals surface area contributed by atoms with Crippen LogP contribution in [0.1, 0.15) is 36.3 Å². The predicted octanol–water partition coefficient (Wildman–Crippen LogP) is 2.60. The lowest BCUT2D eigenvalue weighted by atomic mass is 9.98. The lowest BCUT2D eigenvalue weighted by Gasteiger charge is -2.24. The van der Waals surface area contributed by atoms with Crippen LogP contribution >= 0.6 is 0 Å². The number of carbonyl (C=O) groups is 3. The van der Waals surface area contributed by atoms with Crippen LogP contribution in [0.4, 0.5) is 4.79 Å². The lowest BCUT2D eigenvalue weighted by Crippen LogP contribution is -2.48. The van der Waals surface area contributed by atoms with Gasteiger partial charge in [0.2, 0.25) is 5.91 Å². The summed E-state index contributed by atoms with van der Waals surface area (Å²) >= 11 is 0. The average molecular weight is 440 g/mol. The Morgan fingerprint density at radius 3 is 2.22 bits per heavy atom. The van der Waals surface area contributed by atoms with Gasteiger partial charge < -0.3 is 25.2 Å². The molecule has 0 aliphatic heterocycles. The lowest BCUT2D eigenvalue weighted by molar-refractivity contribution is -0.137. The van der Waals surface area contributed by atoms with Gasteiger partial charge in [0.1, 0.15) is 12.6 Å². The number of aliphatic carboxylic acids is 1. The number of ether oxygens (including phenoxy) is 1. The minimum absolute atomic E-state index is 0.0537. The van der Waals surface area contributed by atoms with E-state index < -0.39 is 24.0 Å². The Labute approximate surface area is 186 Å². The number of likely N-dealkylation sites (N-methyl/N-ethyl adjacent to an activating group) is 1. The van der Waals surface area contributed by atoms with Gasteiger partial charge in [0.25, 0.3) is 0 Å². The molecular weight excluding hydrogens is 412 g/mol. The molecule has 32 heavy (non-hydrogen) atoms. The van der Waals surface area contributed by atoms with Crippen LogP contribution in [0.15, 0.2) is 48.5 Å². The number of aliphatic hydroxyl groups excluding tert-OH is 1. The third-order valence-electron chi connectivity index (χ3n) is 5.61. The minimum atomic E-state index is -1.06. The van der Waals surface area contributed by atoms with E-state index in [1.54, 1.807) is 7.05 Å². The molecule has 1 atom stereocenters. The number of nitrogens with one attached hydrogen (secondary N) is 1. The third kappa shape index (κ3) is 5.45. The Morgan fingerprint density at radius 1 is 1.06 bits per heavy atom. The molecule has 1 unspecified atom stereocenters. The average Bonchev–Trinajstić information content (AvgIpc) is 3.12. The topological polar surface area (TPSA) is 116 Å². The van der Waals surface area contributed by atoms with Crippen LogP contribution in [0.3, 0.4) is 0 Å². The first-order valence-corrected chi connectivity index (χ1v) is 10.6. The number of carboxylic acid groups (broad SMARTS) is 1. The van der Waals surface area contributed by atoms with Crippen LogP contribution < -0.4 is 5.32 Å². The van der Waals surface area contributed by atoms with Crippen molar-refractivity contribution in [1.29, 1.82) is 0 Å². The van der Waals surface area contributed by atoms with Crippen molar-refractivity contribution >= 4 is 18.0 Å². The molecule has 0 saturated carbocycles. The van der Waals surface area contributed by atoms with Crippen molar-refractivity contribution in [3.63, 3.8) is 0 Å². The summed E-state index contributed by atoms with van der Waals surface area (Å²) in [5, 5.41) is 20.5. The molecule has 2 aromatic rings. The highest BCUT2D eigenvalue weighted by molar-refractivity contribution is 5.86. The Kier molecular flexibility index (Phi) is 7.83. The monoisotopic (exact) mass is 440 g/mol. The molecule has 3 N–H and O–H groups in total. The second-order valence-electron chi connectivity index (χ2n) is 7.79. The minimum Gasteiger partial charge on any atom is -0.481 e. The maximum absolute atomic E-state index is 12.7. The van der Waals surface area contributed by atoms with E-state index in [1.807, 2.05) is 48.5 Å². The number of benzene rings is 2. The fraction of sp³-hybridized carbons (Fsp3) is 0.375. The summed E-state index contributed by atoms with van der Waals surface area (Å²) in [5.74, 6) is -1.60. The highest BCUT2D eigenvalue weighted by Crippen LogP contribution is 2.44. The molecule has 0 bridgehead atoms. The summed E-state index contributed by atoms with van der Waals surface area (Å²) < 4.78 is 5.48. The summed E-state index contributed by atoms with van der Waals surface area (Å²) in [7, 11) is 1.55. The largest absolute Gasteiger partial charge is 0.481 e. The standard InChI is InChI=1S/C24H28N2O6/c1-26(13-6-14-27)23(30)21(11-12-22(28)29)25-24(31)32-15-20-18-9-4-2-7-16(18)17-8-3-5-10-19(17)20/h2-5,7-10,20-21,27H,6,11-15H2,1H3,(H,25,31)(H,28,29). The molecule has 8 heteroatoms. The quantitative estimate of drug-likeness (QED) is 0.523. The van der Waals surface area contributed by atoms with Crippen molar-refractivity contribution in [1.82, 2.24) is 10.2 Å². The summed E-state index contributed by atoms with van der Waals surface area (Å²) in [4.78, 5) is 37.5. The first-order valence-electron chi connectivity index (χ1n) is 10.6. The molecule has 2 amide bonds. The SMILES string of the molecule is CN(CCCO)C(=O)C(CCC(=O)O)NC(=O)OCC1c2ccccc2-c2ccccc21. The molecule has 1 aliphatic carbocycles. The number of alkyl carbamates (subject to hydrolysis) is 1. The normalized spacial score (nSPS) is 13.1.